The summed E-state index contributed by atoms with van der Waals surface area (Å²) in [5.74, 6) is 1.91. The van der Waals surface area contributed by atoms with Gasteiger partial charge in [0, 0.05) is 30.8 Å². The molecular formula is C46H40N6O4. The lowest BCUT2D eigenvalue weighted by Gasteiger charge is -2.46. The molecule has 278 valence electrons. The van der Waals surface area contributed by atoms with E-state index in [0.29, 0.717) is 17.8 Å². The highest BCUT2D eigenvalue weighted by Gasteiger charge is 2.52. The number of anilines is 1. The Hall–Kier alpha value is -6.96. The Bertz CT molecular complexity index is 2470. The van der Waals surface area contributed by atoms with Gasteiger partial charge < -0.3 is 20.4 Å². The number of nitrogens with one attached hydrogen (secondary N) is 2. The quantitative estimate of drug-likeness (QED) is 0.158. The second-order valence-corrected chi connectivity index (χ2v) is 14.0. The molecule has 2 N–H and O–H groups in total. The van der Waals surface area contributed by atoms with Gasteiger partial charge in [0.2, 0.25) is 11.8 Å². The van der Waals surface area contributed by atoms with E-state index in [-0.39, 0.29) is 50.3 Å². The van der Waals surface area contributed by atoms with E-state index in [1.807, 2.05) is 121 Å². The van der Waals surface area contributed by atoms with Crippen LogP contribution in [0.4, 0.5) is 10.5 Å². The number of benzene rings is 6. The number of terminal acetylenes is 1. The summed E-state index contributed by atoms with van der Waals surface area (Å²) >= 11 is 0. The van der Waals surface area contributed by atoms with E-state index >= 15 is 0 Å². The lowest BCUT2D eigenvalue weighted by atomic mass is 9.98. The summed E-state index contributed by atoms with van der Waals surface area (Å²) in [4.78, 5) is 59.0. The van der Waals surface area contributed by atoms with Crippen molar-refractivity contribution in [1.29, 1.82) is 0 Å². The topological polar surface area (TPSA) is 105 Å². The van der Waals surface area contributed by atoms with Gasteiger partial charge in [-0.2, -0.15) is 5.01 Å². The molecule has 2 atom stereocenters. The number of hydrogen-bond donors (Lipinski definition) is 2. The lowest BCUT2D eigenvalue weighted by molar-refractivity contribution is -0.157. The van der Waals surface area contributed by atoms with Crippen molar-refractivity contribution >= 4 is 51.0 Å². The van der Waals surface area contributed by atoms with Crippen molar-refractivity contribution in [2.24, 2.45) is 0 Å². The van der Waals surface area contributed by atoms with Crippen LogP contribution in [0.15, 0.2) is 140 Å². The van der Waals surface area contributed by atoms with E-state index in [1.165, 1.54) is 5.01 Å². The van der Waals surface area contributed by atoms with Gasteiger partial charge in [0.25, 0.3) is 5.91 Å². The Labute approximate surface area is 325 Å². The molecule has 2 saturated heterocycles. The first-order chi connectivity index (χ1) is 27.4. The Morgan fingerprint density at radius 2 is 1.41 bits per heavy atom. The Balaban J connectivity index is 1.06. The van der Waals surface area contributed by atoms with Crippen LogP contribution in [0.3, 0.4) is 0 Å². The van der Waals surface area contributed by atoms with Crippen molar-refractivity contribution in [1.82, 2.24) is 25.1 Å². The highest BCUT2D eigenvalue weighted by atomic mass is 16.2. The first-order valence-corrected chi connectivity index (χ1v) is 18.6. The average Bonchev–Trinajstić information content (AvgIpc) is 3.56. The van der Waals surface area contributed by atoms with Gasteiger partial charge in [-0.25, -0.2) is 9.80 Å². The maximum Gasteiger partial charge on any atom is 0.333 e. The summed E-state index contributed by atoms with van der Waals surface area (Å²) in [7, 11) is 0. The number of amides is 5. The zero-order chi connectivity index (χ0) is 38.6. The minimum Gasteiger partial charge on any atom is -0.333 e. The van der Waals surface area contributed by atoms with E-state index in [2.05, 4.69) is 16.6 Å². The van der Waals surface area contributed by atoms with Gasteiger partial charge in [-0.15, -0.1) is 6.42 Å². The molecule has 6 aromatic carbocycles. The SMILES string of the molecule is C#CCN(C(=O)NCc1ccccc1)N1CC(=O)N2[C@@H](Cc3ccc(NC(=O)c4cccc5ccccc45)cc3)C(=O)N(Cc3cccc4ccccc34)C[C@@H]21. The van der Waals surface area contributed by atoms with E-state index < -0.39 is 18.2 Å². The molecule has 0 radical (unpaired) electrons. The van der Waals surface area contributed by atoms with Crippen LogP contribution in [0.25, 0.3) is 21.5 Å². The van der Waals surface area contributed by atoms with Crippen molar-refractivity contribution < 1.29 is 19.2 Å². The highest BCUT2D eigenvalue weighted by molar-refractivity contribution is 6.13. The number of hydrogen-bond acceptors (Lipinski definition) is 5. The number of rotatable bonds is 10. The van der Waals surface area contributed by atoms with E-state index in [0.717, 1.165) is 38.2 Å². The number of carbonyl (C=O) groups is 4. The van der Waals surface area contributed by atoms with Crippen molar-refractivity contribution in [3.05, 3.63) is 162 Å². The molecule has 0 aromatic heterocycles. The number of piperazine rings is 1. The van der Waals surface area contributed by atoms with Crippen molar-refractivity contribution in [2.75, 3.05) is 25.0 Å². The van der Waals surface area contributed by atoms with E-state index in [9.17, 15) is 19.2 Å². The van der Waals surface area contributed by atoms with Crippen LogP contribution in [-0.4, -0.2) is 75.4 Å². The van der Waals surface area contributed by atoms with Crippen molar-refractivity contribution in [3.8, 4) is 12.3 Å². The van der Waals surface area contributed by atoms with Crippen LogP contribution < -0.4 is 10.6 Å². The number of urea groups is 1. The average molecular weight is 741 g/mol. The predicted molar refractivity (Wildman–Crippen MR) is 217 cm³/mol. The number of carbonyl (C=O) groups excluding carboxylic acids is 4. The van der Waals surface area contributed by atoms with Gasteiger partial charge in [-0.05, 0) is 56.4 Å². The number of nitrogens with zero attached hydrogens (tertiary/aromatic N) is 4. The third-order valence-corrected chi connectivity index (χ3v) is 10.6. The van der Waals surface area contributed by atoms with Crippen LogP contribution in [-0.2, 0) is 29.1 Å². The molecule has 10 heteroatoms. The molecule has 0 aliphatic carbocycles. The summed E-state index contributed by atoms with van der Waals surface area (Å²) < 4.78 is 0. The zero-order valence-corrected chi connectivity index (χ0v) is 30.7. The maximum absolute atomic E-state index is 14.6. The standard InChI is InChI=1S/C46H40N6O4/c1-2-26-50(46(56)47-28-33-12-4-3-5-13-33)51-31-43(53)52-41(45(55)49(30-42(51)52)29-36-18-10-16-34-14-6-8-19-38(34)36)27-32-22-24-37(25-23-32)48-44(54)40-21-11-17-35-15-7-9-20-39(35)40/h1,3-25,41-42H,26-31H2,(H,47,56)(H,48,54)/t41-,42+/m0/s1. The van der Waals surface area contributed by atoms with Crippen molar-refractivity contribution in [2.45, 2.75) is 31.7 Å². The molecule has 8 rings (SSSR count). The first kappa shape index (κ1) is 36.0. The summed E-state index contributed by atoms with van der Waals surface area (Å²) in [5.41, 5.74) is 3.88. The van der Waals surface area contributed by atoms with Crippen LogP contribution in [0.5, 0.6) is 0 Å². The van der Waals surface area contributed by atoms with E-state index in [4.69, 9.17) is 6.42 Å². The van der Waals surface area contributed by atoms with Gasteiger partial charge in [0.15, 0.2) is 0 Å². The third-order valence-electron chi connectivity index (χ3n) is 10.6. The lowest BCUT2D eigenvalue weighted by Crippen LogP contribution is -2.66. The van der Waals surface area contributed by atoms with Crippen LogP contribution in [0.1, 0.15) is 27.0 Å². The van der Waals surface area contributed by atoms with Crippen LogP contribution in [0.2, 0.25) is 0 Å². The minimum absolute atomic E-state index is 0.0634. The second kappa shape index (κ2) is 15.8. The minimum atomic E-state index is -0.850. The smallest absolute Gasteiger partial charge is 0.333 e. The maximum atomic E-state index is 14.6. The molecule has 5 amide bonds. The summed E-state index contributed by atoms with van der Waals surface area (Å²) in [5, 5.41) is 13.0. The third kappa shape index (κ3) is 7.28. The zero-order valence-electron chi connectivity index (χ0n) is 30.7. The second-order valence-electron chi connectivity index (χ2n) is 14.0. The summed E-state index contributed by atoms with van der Waals surface area (Å²) in [6.45, 7) is 0.597. The molecule has 2 fully saturated rings. The fourth-order valence-corrected chi connectivity index (χ4v) is 7.83. The van der Waals surface area contributed by atoms with E-state index in [1.54, 1.807) is 33.0 Å². The van der Waals surface area contributed by atoms with Gasteiger partial charge in [-0.3, -0.25) is 14.4 Å². The monoisotopic (exact) mass is 740 g/mol. The molecule has 0 unspecified atom stereocenters. The molecule has 56 heavy (non-hydrogen) atoms. The predicted octanol–water partition coefficient (Wildman–Crippen LogP) is 6.43. The Morgan fingerprint density at radius 3 is 2.16 bits per heavy atom. The molecule has 0 bridgehead atoms. The first-order valence-electron chi connectivity index (χ1n) is 18.6. The van der Waals surface area contributed by atoms with Gasteiger partial charge in [-0.1, -0.05) is 127 Å². The summed E-state index contributed by atoms with van der Waals surface area (Å²) in [6.07, 6.45) is 5.38. The fourth-order valence-electron chi connectivity index (χ4n) is 7.83. The van der Waals surface area contributed by atoms with Gasteiger partial charge in [0.05, 0.1) is 19.6 Å². The molecule has 2 aliphatic heterocycles. The number of fused-ring (bicyclic) bond motifs is 3. The van der Waals surface area contributed by atoms with Crippen LogP contribution >= 0.6 is 0 Å². The molecule has 0 spiro atoms. The fraction of sp³-hybridized carbons (Fsp3) is 0.174. The normalized spacial score (nSPS) is 16.8. The molecule has 6 aromatic rings. The molecule has 2 aliphatic rings. The molecule has 2 heterocycles. The summed E-state index contributed by atoms with van der Waals surface area (Å²) in [6, 6.07) is 43.1. The number of hydrazine groups is 1. The van der Waals surface area contributed by atoms with Crippen molar-refractivity contribution in [3.63, 3.8) is 0 Å². The molecule has 0 saturated carbocycles. The Kier molecular flexibility index (Phi) is 10.2. The highest BCUT2D eigenvalue weighted by Crippen LogP contribution is 2.32. The Morgan fingerprint density at radius 1 is 0.750 bits per heavy atom. The molecular weight excluding hydrogens is 701 g/mol. The molecule has 10 nitrogen and oxygen atoms in total. The van der Waals surface area contributed by atoms with Crippen LogP contribution in [0, 0.1) is 12.3 Å². The largest absolute Gasteiger partial charge is 0.333 e. The van der Waals surface area contributed by atoms with Gasteiger partial charge in [0.1, 0.15) is 12.2 Å². The van der Waals surface area contributed by atoms with Gasteiger partial charge >= 0.3 is 6.03 Å².